The fraction of sp³-hybridized carbons (Fsp3) is 0.350. The van der Waals surface area contributed by atoms with Crippen molar-refractivity contribution in [3.05, 3.63) is 53.3 Å². The normalized spacial score (nSPS) is 14.0. The Morgan fingerprint density at radius 2 is 1.97 bits per heavy atom. The minimum atomic E-state index is -5.08. The molecule has 2 heterocycles. The summed E-state index contributed by atoms with van der Waals surface area (Å²) >= 11 is 0. The Kier molecular flexibility index (Phi) is 8.57. The predicted octanol–water partition coefficient (Wildman–Crippen LogP) is 3.47. The number of hydrogen-bond acceptors (Lipinski definition) is 6. The molecule has 7 nitrogen and oxygen atoms in total. The maximum atomic E-state index is 13.9. The molecule has 0 spiro atoms. The smallest absolute Gasteiger partial charge is 0.475 e. The summed E-state index contributed by atoms with van der Waals surface area (Å²) in [7, 11) is 0. The van der Waals surface area contributed by atoms with Gasteiger partial charge in [-0.1, -0.05) is 12.1 Å². The zero-order valence-electron chi connectivity index (χ0n) is 16.2. The van der Waals surface area contributed by atoms with Gasteiger partial charge in [-0.25, -0.2) is 9.18 Å². The van der Waals surface area contributed by atoms with Gasteiger partial charge in [0.15, 0.2) is 0 Å². The Balaban J connectivity index is 0.000000423. The number of aromatic nitrogens is 1. The van der Waals surface area contributed by atoms with Gasteiger partial charge in [-0.3, -0.25) is 0 Å². The highest BCUT2D eigenvalue weighted by molar-refractivity contribution is 5.73. The second-order valence-electron chi connectivity index (χ2n) is 6.54. The number of carboxylic acid groups (broad SMARTS) is 1. The molecule has 1 aliphatic rings. The van der Waals surface area contributed by atoms with Crippen LogP contribution in [0.15, 0.2) is 36.4 Å². The number of nitrogens with zero attached hydrogens (tertiary/aromatic N) is 2. The van der Waals surface area contributed by atoms with Gasteiger partial charge in [0.05, 0.1) is 11.6 Å². The summed E-state index contributed by atoms with van der Waals surface area (Å²) in [6.45, 7) is 2.08. The van der Waals surface area contributed by atoms with Crippen LogP contribution in [0, 0.1) is 17.1 Å². The average Bonchev–Trinajstić information content (AvgIpc) is 2.73. The molecule has 1 aromatic carbocycles. The van der Waals surface area contributed by atoms with Gasteiger partial charge < -0.3 is 20.5 Å². The Morgan fingerprint density at radius 3 is 2.55 bits per heavy atom. The van der Waals surface area contributed by atoms with Gasteiger partial charge in [0.25, 0.3) is 0 Å². The molecule has 3 rings (SSSR count). The van der Waals surface area contributed by atoms with Gasteiger partial charge in [-0.15, -0.1) is 0 Å². The second kappa shape index (κ2) is 11.1. The number of nitriles is 1. The van der Waals surface area contributed by atoms with Crippen LogP contribution >= 0.6 is 0 Å². The topological polar surface area (TPSA) is 107 Å². The van der Waals surface area contributed by atoms with Crippen LogP contribution in [0.5, 0.6) is 5.88 Å². The SMILES string of the molecule is N#Cc1ccc(COc2cccc(NC3CCNCC3)n2)c(F)c1.O=C(O)C(F)(F)F. The van der Waals surface area contributed by atoms with E-state index >= 15 is 0 Å². The molecule has 0 saturated carbocycles. The number of rotatable bonds is 5. The lowest BCUT2D eigenvalue weighted by atomic mass is 10.1. The van der Waals surface area contributed by atoms with Crippen LogP contribution in [0.2, 0.25) is 0 Å². The number of ether oxygens (including phenoxy) is 1. The Hall–Kier alpha value is -3.39. The third-order valence-corrected chi connectivity index (χ3v) is 4.21. The van der Waals surface area contributed by atoms with Gasteiger partial charge in [-0.05, 0) is 44.1 Å². The third kappa shape index (κ3) is 8.10. The summed E-state index contributed by atoms with van der Waals surface area (Å²) in [5, 5.41) is 22.6. The fourth-order valence-electron chi connectivity index (χ4n) is 2.64. The number of aliphatic carboxylic acids is 1. The van der Waals surface area contributed by atoms with E-state index in [0.29, 0.717) is 23.0 Å². The molecule has 0 aliphatic carbocycles. The molecule has 1 saturated heterocycles. The van der Waals surface area contributed by atoms with Crippen molar-refractivity contribution in [3.63, 3.8) is 0 Å². The van der Waals surface area contributed by atoms with Gasteiger partial charge in [0.2, 0.25) is 5.88 Å². The molecule has 2 aromatic rings. The van der Waals surface area contributed by atoms with E-state index in [4.69, 9.17) is 19.9 Å². The molecule has 0 bridgehead atoms. The van der Waals surface area contributed by atoms with Crippen molar-refractivity contribution in [2.45, 2.75) is 31.7 Å². The predicted molar refractivity (Wildman–Crippen MR) is 103 cm³/mol. The lowest BCUT2D eigenvalue weighted by Crippen LogP contribution is -2.35. The monoisotopic (exact) mass is 440 g/mol. The lowest BCUT2D eigenvalue weighted by Gasteiger charge is -2.24. The van der Waals surface area contributed by atoms with E-state index < -0.39 is 18.0 Å². The van der Waals surface area contributed by atoms with E-state index in [1.807, 2.05) is 18.2 Å². The minimum absolute atomic E-state index is 0.0708. The molecule has 1 aliphatic heterocycles. The van der Waals surface area contributed by atoms with Crippen LogP contribution in [-0.4, -0.2) is 41.4 Å². The fourth-order valence-corrected chi connectivity index (χ4v) is 2.64. The molecule has 0 atom stereocenters. The van der Waals surface area contributed by atoms with Crippen LogP contribution in [0.4, 0.5) is 23.4 Å². The third-order valence-electron chi connectivity index (χ3n) is 4.21. The van der Waals surface area contributed by atoms with Gasteiger partial charge >= 0.3 is 12.1 Å². The average molecular weight is 440 g/mol. The van der Waals surface area contributed by atoms with Crippen LogP contribution in [0.3, 0.4) is 0 Å². The second-order valence-corrected chi connectivity index (χ2v) is 6.54. The van der Waals surface area contributed by atoms with Crippen molar-refractivity contribution in [3.8, 4) is 11.9 Å². The van der Waals surface area contributed by atoms with Gasteiger partial charge in [-0.2, -0.15) is 23.4 Å². The zero-order chi connectivity index (χ0) is 22.9. The number of hydrogen-bond donors (Lipinski definition) is 3. The molecule has 0 amide bonds. The molecule has 0 unspecified atom stereocenters. The van der Waals surface area contributed by atoms with Crippen LogP contribution < -0.4 is 15.4 Å². The molecule has 11 heteroatoms. The highest BCUT2D eigenvalue weighted by Gasteiger charge is 2.38. The lowest BCUT2D eigenvalue weighted by molar-refractivity contribution is -0.192. The summed E-state index contributed by atoms with van der Waals surface area (Å²) in [5.74, 6) is -2.00. The van der Waals surface area contributed by atoms with E-state index in [0.717, 1.165) is 31.7 Å². The molecule has 166 valence electrons. The number of piperidine rings is 1. The Labute approximate surface area is 175 Å². The van der Waals surface area contributed by atoms with Crippen molar-refractivity contribution in [1.82, 2.24) is 10.3 Å². The molecule has 1 fully saturated rings. The number of anilines is 1. The number of alkyl halides is 3. The minimum Gasteiger partial charge on any atom is -0.475 e. The summed E-state index contributed by atoms with van der Waals surface area (Å²) in [4.78, 5) is 13.3. The molecular weight excluding hydrogens is 420 g/mol. The van der Waals surface area contributed by atoms with Gasteiger partial charge in [0.1, 0.15) is 18.2 Å². The number of carbonyl (C=O) groups is 1. The van der Waals surface area contributed by atoms with E-state index in [2.05, 4.69) is 15.6 Å². The molecule has 31 heavy (non-hydrogen) atoms. The summed E-state index contributed by atoms with van der Waals surface area (Å²) in [6.07, 6.45) is -2.97. The first-order chi connectivity index (χ1) is 14.7. The van der Waals surface area contributed by atoms with Crippen LogP contribution in [-0.2, 0) is 11.4 Å². The van der Waals surface area contributed by atoms with Crippen molar-refractivity contribution in [2.24, 2.45) is 0 Å². The quantitative estimate of drug-likeness (QED) is 0.611. The van der Waals surface area contributed by atoms with E-state index in [1.54, 1.807) is 18.2 Å². The summed E-state index contributed by atoms with van der Waals surface area (Å²) in [5.41, 5.74) is 0.690. The Morgan fingerprint density at radius 1 is 1.29 bits per heavy atom. The molecule has 0 radical (unpaired) electrons. The van der Waals surface area contributed by atoms with Crippen molar-refractivity contribution in [2.75, 3.05) is 18.4 Å². The first-order valence-corrected chi connectivity index (χ1v) is 9.25. The Bertz CT molecular complexity index is 925. The van der Waals surface area contributed by atoms with E-state index in [-0.39, 0.29) is 6.61 Å². The largest absolute Gasteiger partial charge is 0.490 e. The number of halogens is 4. The zero-order valence-corrected chi connectivity index (χ0v) is 16.2. The highest BCUT2D eigenvalue weighted by Crippen LogP contribution is 2.18. The standard InChI is InChI=1S/C18H19FN4O.C2HF3O2/c19-16-10-13(11-20)4-5-14(16)12-24-18-3-1-2-17(23-18)22-15-6-8-21-9-7-15;3-2(4,5)1(6)7/h1-5,10,15,21H,6-9,12H2,(H,22,23);(H,6,7). The first kappa shape index (κ1) is 23.9. The summed E-state index contributed by atoms with van der Waals surface area (Å²) in [6, 6.07) is 12.2. The molecule has 1 aromatic heterocycles. The highest BCUT2D eigenvalue weighted by atomic mass is 19.4. The van der Waals surface area contributed by atoms with Crippen LogP contribution in [0.25, 0.3) is 0 Å². The first-order valence-electron chi connectivity index (χ1n) is 9.25. The van der Waals surface area contributed by atoms with Crippen molar-refractivity contribution >= 4 is 11.8 Å². The molecular formula is C20H20F4N4O3. The number of pyridine rings is 1. The molecule has 3 N–H and O–H groups in total. The maximum absolute atomic E-state index is 13.9. The van der Waals surface area contributed by atoms with Crippen LogP contribution in [0.1, 0.15) is 24.0 Å². The number of nitrogens with one attached hydrogen (secondary N) is 2. The van der Waals surface area contributed by atoms with Gasteiger partial charge in [0, 0.05) is 17.7 Å². The van der Waals surface area contributed by atoms with E-state index in [9.17, 15) is 17.6 Å². The van der Waals surface area contributed by atoms with Crippen molar-refractivity contribution < 1.29 is 32.2 Å². The maximum Gasteiger partial charge on any atom is 0.490 e. The van der Waals surface area contributed by atoms with Crippen molar-refractivity contribution in [1.29, 1.82) is 5.26 Å². The number of carboxylic acids is 1. The summed E-state index contributed by atoms with van der Waals surface area (Å²) < 4.78 is 51.2. The number of benzene rings is 1. The van der Waals surface area contributed by atoms with E-state index in [1.165, 1.54) is 6.07 Å².